The van der Waals surface area contributed by atoms with Gasteiger partial charge in [-0.25, -0.2) is 4.79 Å². The van der Waals surface area contributed by atoms with Gasteiger partial charge in [-0.1, -0.05) is 87.2 Å². The first kappa shape index (κ1) is 28.7. The number of carbonyl (C=O) groups excluding carboxylic acids is 1. The molecule has 3 aromatic carbocycles. The summed E-state index contributed by atoms with van der Waals surface area (Å²) in [5.41, 5.74) is 4.71. The molecule has 198 valence electrons. The SMILES string of the molecule is CCCCCCCOc1ccccc1C=CC(CCc1ccc(C#N)cc1)Cc1ccc(C(=O)OC)cc1. The van der Waals surface area contributed by atoms with Gasteiger partial charge < -0.3 is 9.47 Å². The van der Waals surface area contributed by atoms with E-state index in [1.807, 2.05) is 66.7 Å². The van der Waals surface area contributed by atoms with E-state index in [0.29, 0.717) is 11.1 Å². The molecule has 38 heavy (non-hydrogen) atoms. The minimum absolute atomic E-state index is 0.289. The highest BCUT2D eigenvalue weighted by Crippen LogP contribution is 2.24. The van der Waals surface area contributed by atoms with Crippen LogP contribution in [-0.4, -0.2) is 19.7 Å². The van der Waals surface area contributed by atoms with Gasteiger partial charge in [0.25, 0.3) is 0 Å². The molecule has 4 nitrogen and oxygen atoms in total. The van der Waals surface area contributed by atoms with Gasteiger partial charge >= 0.3 is 5.97 Å². The van der Waals surface area contributed by atoms with Gasteiger partial charge in [-0.3, -0.25) is 0 Å². The topological polar surface area (TPSA) is 59.3 Å². The third-order valence-corrected chi connectivity index (χ3v) is 6.73. The lowest BCUT2D eigenvalue weighted by Gasteiger charge is -2.15. The summed E-state index contributed by atoms with van der Waals surface area (Å²) in [6.45, 7) is 2.97. The van der Waals surface area contributed by atoms with E-state index in [2.05, 4.69) is 31.2 Å². The number of rotatable bonds is 15. The Morgan fingerprint density at radius 2 is 1.63 bits per heavy atom. The van der Waals surface area contributed by atoms with Gasteiger partial charge in [0.2, 0.25) is 0 Å². The molecule has 0 fully saturated rings. The highest BCUT2D eigenvalue weighted by atomic mass is 16.5. The van der Waals surface area contributed by atoms with Crippen LogP contribution in [0.2, 0.25) is 0 Å². The lowest BCUT2D eigenvalue weighted by atomic mass is 9.91. The van der Waals surface area contributed by atoms with Gasteiger partial charge in [0.05, 0.1) is 30.9 Å². The molecule has 0 aliphatic rings. The average Bonchev–Trinajstić information content (AvgIpc) is 2.97. The molecule has 1 atom stereocenters. The Morgan fingerprint density at radius 1 is 0.921 bits per heavy atom. The van der Waals surface area contributed by atoms with E-state index in [0.717, 1.165) is 43.6 Å². The standard InChI is InChI=1S/C34H39NO3/c1-3-4-5-6-9-24-38-33-11-8-7-10-31(33)21-18-28(15-12-27-13-16-30(26-35)17-14-27)25-29-19-22-32(23-20-29)34(36)37-2/h7-8,10-11,13-14,16-23,28H,3-6,9,12,15,24-25H2,1-2H3. The molecule has 0 N–H and O–H groups in total. The number of hydrogen-bond acceptors (Lipinski definition) is 4. The Hall–Kier alpha value is -3.84. The van der Waals surface area contributed by atoms with Crippen molar-refractivity contribution in [3.05, 3.63) is 107 Å². The predicted molar refractivity (Wildman–Crippen MR) is 154 cm³/mol. The molecule has 0 amide bonds. The van der Waals surface area contributed by atoms with Crippen molar-refractivity contribution in [2.45, 2.75) is 58.3 Å². The number of nitriles is 1. The second-order valence-electron chi connectivity index (χ2n) is 9.66. The van der Waals surface area contributed by atoms with E-state index < -0.39 is 0 Å². The summed E-state index contributed by atoms with van der Waals surface area (Å²) < 4.78 is 11.0. The number of allylic oxidation sites excluding steroid dienone is 1. The number of methoxy groups -OCH3 is 1. The van der Waals surface area contributed by atoms with E-state index in [1.54, 1.807) is 0 Å². The number of unbranched alkanes of at least 4 members (excludes halogenated alkanes) is 4. The van der Waals surface area contributed by atoms with E-state index >= 15 is 0 Å². The van der Waals surface area contributed by atoms with E-state index in [-0.39, 0.29) is 11.9 Å². The van der Waals surface area contributed by atoms with Crippen molar-refractivity contribution in [2.75, 3.05) is 13.7 Å². The smallest absolute Gasteiger partial charge is 0.337 e. The molecule has 1 unspecified atom stereocenters. The van der Waals surface area contributed by atoms with Crippen LogP contribution in [0.4, 0.5) is 0 Å². The van der Waals surface area contributed by atoms with E-state index in [9.17, 15) is 4.79 Å². The number of nitrogens with zero attached hydrogens (tertiary/aromatic N) is 1. The molecular weight excluding hydrogens is 470 g/mol. The van der Waals surface area contributed by atoms with Crippen molar-refractivity contribution in [1.29, 1.82) is 5.26 Å². The number of ether oxygens (including phenoxy) is 2. The fourth-order valence-corrected chi connectivity index (χ4v) is 4.44. The molecular formula is C34H39NO3. The summed E-state index contributed by atoms with van der Waals surface area (Å²) in [7, 11) is 1.40. The second-order valence-corrected chi connectivity index (χ2v) is 9.66. The maximum Gasteiger partial charge on any atom is 0.337 e. The lowest BCUT2D eigenvalue weighted by molar-refractivity contribution is 0.0600. The Morgan fingerprint density at radius 3 is 2.34 bits per heavy atom. The third kappa shape index (κ3) is 9.56. The predicted octanol–water partition coefficient (Wildman–Crippen LogP) is 8.20. The molecule has 0 saturated heterocycles. The van der Waals surface area contributed by atoms with Crippen molar-refractivity contribution in [3.63, 3.8) is 0 Å². The molecule has 3 aromatic rings. The maximum absolute atomic E-state index is 11.8. The summed E-state index contributed by atoms with van der Waals surface area (Å²) in [5.74, 6) is 0.889. The van der Waals surface area contributed by atoms with Crippen LogP contribution in [0.1, 0.15) is 78.1 Å². The first-order chi connectivity index (χ1) is 18.6. The summed E-state index contributed by atoms with van der Waals surface area (Å²) in [6.07, 6.45) is 13.3. The first-order valence-electron chi connectivity index (χ1n) is 13.7. The first-order valence-corrected chi connectivity index (χ1v) is 13.7. The molecule has 0 aromatic heterocycles. The number of esters is 1. The van der Waals surface area contributed by atoms with Crippen LogP contribution in [0, 0.1) is 17.2 Å². The van der Waals surface area contributed by atoms with Crippen LogP contribution in [0.25, 0.3) is 6.08 Å². The normalized spacial score (nSPS) is 11.7. The van der Waals surface area contributed by atoms with Gasteiger partial charge in [-0.05, 0) is 73.1 Å². The van der Waals surface area contributed by atoms with Crippen molar-refractivity contribution in [3.8, 4) is 11.8 Å². The van der Waals surface area contributed by atoms with Crippen LogP contribution < -0.4 is 4.74 Å². The van der Waals surface area contributed by atoms with Gasteiger partial charge in [0.1, 0.15) is 5.75 Å². The highest BCUT2D eigenvalue weighted by molar-refractivity contribution is 5.89. The fourth-order valence-electron chi connectivity index (χ4n) is 4.44. The van der Waals surface area contributed by atoms with Crippen LogP contribution in [0.15, 0.2) is 78.9 Å². The van der Waals surface area contributed by atoms with Crippen molar-refractivity contribution >= 4 is 12.0 Å². The van der Waals surface area contributed by atoms with Crippen molar-refractivity contribution < 1.29 is 14.3 Å². The quantitative estimate of drug-likeness (QED) is 0.153. The number of para-hydroxylation sites is 1. The molecule has 3 rings (SSSR count). The molecule has 4 heteroatoms. The Balaban J connectivity index is 1.70. The number of aryl methyl sites for hydroxylation is 1. The zero-order chi connectivity index (χ0) is 27.0. The monoisotopic (exact) mass is 509 g/mol. The van der Waals surface area contributed by atoms with Gasteiger partial charge in [0.15, 0.2) is 0 Å². The minimum Gasteiger partial charge on any atom is -0.493 e. The molecule has 0 heterocycles. The lowest BCUT2D eigenvalue weighted by Crippen LogP contribution is -2.05. The van der Waals surface area contributed by atoms with Gasteiger partial charge in [-0.2, -0.15) is 5.26 Å². The van der Waals surface area contributed by atoms with Crippen LogP contribution in [-0.2, 0) is 17.6 Å². The average molecular weight is 510 g/mol. The number of benzene rings is 3. The van der Waals surface area contributed by atoms with Crippen molar-refractivity contribution in [2.24, 2.45) is 5.92 Å². The molecule has 0 radical (unpaired) electrons. The molecule has 0 bridgehead atoms. The zero-order valence-electron chi connectivity index (χ0n) is 22.7. The number of carbonyl (C=O) groups is 1. The fraction of sp³-hybridized carbons (Fsp3) is 0.353. The second kappa shape index (κ2) is 16.1. The van der Waals surface area contributed by atoms with Crippen LogP contribution >= 0.6 is 0 Å². The third-order valence-electron chi connectivity index (χ3n) is 6.73. The highest BCUT2D eigenvalue weighted by Gasteiger charge is 2.11. The largest absolute Gasteiger partial charge is 0.493 e. The molecule has 0 aliphatic heterocycles. The Kier molecular flexibility index (Phi) is 12.2. The summed E-state index contributed by atoms with van der Waals surface area (Å²) >= 11 is 0. The van der Waals surface area contributed by atoms with E-state index in [4.69, 9.17) is 14.7 Å². The summed E-state index contributed by atoms with van der Waals surface area (Å²) in [5, 5.41) is 9.09. The Bertz CT molecular complexity index is 1190. The molecule has 0 saturated carbocycles. The van der Waals surface area contributed by atoms with Gasteiger partial charge in [-0.15, -0.1) is 0 Å². The number of hydrogen-bond donors (Lipinski definition) is 0. The van der Waals surface area contributed by atoms with Gasteiger partial charge in [0, 0.05) is 5.56 Å². The van der Waals surface area contributed by atoms with Crippen molar-refractivity contribution in [1.82, 2.24) is 0 Å². The van der Waals surface area contributed by atoms with E-state index in [1.165, 1.54) is 43.9 Å². The summed E-state index contributed by atoms with van der Waals surface area (Å²) in [6, 6.07) is 25.9. The van der Waals surface area contributed by atoms with Crippen LogP contribution in [0.3, 0.4) is 0 Å². The minimum atomic E-state index is -0.323. The Labute approximate surface area is 227 Å². The molecule has 0 spiro atoms. The molecule has 0 aliphatic carbocycles. The van der Waals surface area contributed by atoms with Crippen LogP contribution in [0.5, 0.6) is 5.75 Å². The maximum atomic E-state index is 11.8. The summed E-state index contributed by atoms with van der Waals surface area (Å²) in [4.78, 5) is 11.8. The zero-order valence-corrected chi connectivity index (χ0v) is 22.7.